The van der Waals surface area contributed by atoms with Crippen LogP contribution in [-0.2, 0) is 4.79 Å². The zero-order valence-corrected chi connectivity index (χ0v) is 12.0. The number of halogens is 1. The molecule has 1 amide bonds. The Morgan fingerprint density at radius 1 is 1.50 bits per heavy atom. The first-order chi connectivity index (χ1) is 7.21. The zero-order valence-electron chi connectivity index (χ0n) is 10.4. The van der Waals surface area contributed by atoms with Gasteiger partial charge < -0.3 is 10.5 Å². The van der Waals surface area contributed by atoms with Crippen LogP contribution in [0.4, 0.5) is 0 Å². The zero-order chi connectivity index (χ0) is 12.6. The predicted octanol–water partition coefficient (Wildman–Crippen LogP) is 1.77. The van der Waals surface area contributed by atoms with Gasteiger partial charge in [-0.05, 0) is 40.0 Å². The lowest BCUT2D eigenvalue weighted by Gasteiger charge is -2.36. The molecule has 4 nitrogen and oxygen atoms in total. The van der Waals surface area contributed by atoms with Gasteiger partial charge in [-0.1, -0.05) is 15.9 Å². The lowest BCUT2D eigenvalue weighted by molar-refractivity contribution is -0.196. The fraction of sp³-hybridized carbons (Fsp3) is 0.909. The summed E-state index contributed by atoms with van der Waals surface area (Å²) in [5, 5.41) is 14.7. The molecule has 0 unspecified atom stereocenters. The van der Waals surface area contributed by atoms with Crippen LogP contribution in [0.15, 0.2) is 0 Å². The van der Waals surface area contributed by atoms with Gasteiger partial charge in [-0.15, -0.1) is 0 Å². The van der Waals surface area contributed by atoms with Gasteiger partial charge in [-0.2, -0.15) is 5.06 Å². The summed E-state index contributed by atoms with van der Waals surface area (Å²) in [6, 6.07) is 0. The Bertz CT molecular complexity index is 279. The molecule has 1 rings (SSSR count). The van der Waals surface area contributed by atoms with E-state index in [0.717, 1.165) is 6.42 Å². The number of carbonyl (C=O) groups is 1. The first-order valence-electron chi connectivity index (χ1n) is 5.53. The van der Waals surface area contributed by atoms with Crippen LogP contribution in [0.3, 0.4) is 0 Å². The minimum atomic E-state index is -0.302. The van der Waals surface area contributed by atoms with Crippen molar-refractivity contribution in [2.75, 3.05) is 11.9 Å². The van der Waals surface area contributed by atoms with Crippen molar-refractivity contribution in [2.24, 2.45) is 5.92 Å². The van der Waals surface area contributed by atoms with Crippen molar-refractivity contribution in [3.63, 3.8) is 0 Å². The molecule has 94 valence electrons. The number of hydroxylamine groups is 2. The Morgan fingerprint density at radius 2 is 2.06 bits per heavy atom. The second-order valence-corrected chi connectivity index (χ2v) is 6.18. The molecule has 0 bridgehead atoms. The van der Waals surface area contributed by atoms with Gasteiger partial charge in [-0.3, -0.25) is 4.79 Å². The van der Waals surface area contributed by atoms with E-state index in [2.05, 4.69) is 21.2 Å². The Balaban J connectivity index is 2.65. The molecule has 5 heteroatoms. The van der Waals surface area contributed by atoms with Crippen molar-refractivity contribution >= 4 is 21.8 Å². The van der Waals surface area contributed by atoms with Gasteiger partial charge in [-0.25, -0.2) is 0 Å². The largest absolute Gasteiger partial charge is 0.355 e. The monoisotopic (exact) mass is 292 g/mol. The second-order valence-electron chi connectivity index (χ2n) is 5.62. The average Bonchev–Trinajstić information content (AvgIpc) is 2.35. The van der Waals surface area contributed by atoms with Crippen LogP contribution in [0, 0.1) is 5.92 Å². The predicted molar refractivity (Wildman–Crippen MR) is 66.7 cm³/mol. The van der Waals surface area contributed by atoms with Crippen molar-refractivity contribution in [1.29, 1.82) is 0 Å². The van der Waals surface area contributed by atoms with E-state index in [1.165, 1.54) is 5.06 Å². The SMILES string of the molecule is CC1(C)C[C@H](CNC(=O)CBr)C(C)(C)N1O. The molecule has 1 heterocycles. The third-order valence-corrected chi connectivity index (χ3v) is 4.04. The molecule has 0 aromatic carbocycles. The van der Waals surface area contributed by atoms with E-state index >= 15 is 0 Å². The molecule has 1 fully saturated rings. The minimum absolute atomic E-state index is 0.00926. The summed E-state index contributed by atoms with van der Waals surface area (Å²) < 4.78 is 0. The Morgan fingerprint density at radius 3 is 2.44 bits per heavy atom. The number of alkyl halides is 1. The molecule has 2 N–H and O–H groups in total. The Labute approximate surface area is 105 Å². The Hall–Kier alpha value is -0.130. The van der Waals surface area contributed by atoms with E-state index in [4.69, 9.17) is 0 Å². The van der Waals surface area contributed by atoms with Crippen LogP contribution in [0.5, 0.6) is 0 Å². The molecule has 0 aromatic rings. The van der Waals surface area contributed by atoms with Gasteiger partial charge >= 0.3 is 0 Å². The maximum absolute atomic E-state index is 11.2. The van der Waals surface area contributed by atoms with E-state index in [0.29, 0.717) is 11.9 Å². The van der Waals surface area contributed by atoms with Crippen LogP contribution in [0.1, 0.15) is 34.1 Å². The number of nitrogens with one attached hydrogen (secondary N) is 1. The van der Waals surface area contributed by atoms with Crippen molar-refractivity contribution in [3.05, 3.63) is 0 Å². The molecule has 0 aliphatic carbocycles. The highest BCUT2D eigenvalue weighted by Crippen LogP contribution is 2.42. The third kappa shape index (κ3) is 2.57. The van der Waals surface area contributed by atoms with Crippen molar-refractivity contribution in [1.82, 2.24) is 10.4 Å². The summed E-state index contributed by atoms with van der Waals surface area (Å²) in [7, 11) is 0. The topological polar surface area (TPSA) is 52.6 Å². The summed E-state index contributed by atoms with van der Waals surface area (Å²) in [5.41, 5.74) is -0.531. The highest BCUT2D eigenvalue weighted by molar-refractivity contribution is 9.09. The minimum Gasteiger partial charge on any atom is -0.355 e. The molecule has 0 aromatic heterocycles. The molecule has 1 aliphatic heterocycles. The van der Waals surface area contributed by atoms with Crippen molar-refractivity contribution in [3.8, 4) is 0 Å². The van der Waals surface area contributed by atoms with Gasteiger partial charge in [0.15, 0.2) is 0 Å². The maximum atomic E-state index is 11.2. The Kier molecular flexibility index (Phi) is 4.03. The smallest absolute Gasteiger partial charge is 0.230 e. The number of carbonyl (C=O) groups excluding carboxylic acids is 1. The highest BCUT2D eigenvalue weighted by Gasteiger charge is 2.50. The van der Waals surface area contributed by atoms with E-state index in [1.807, 2.05) is 27.7 Å². The summed E-state index contributed by atoms with van der Waals surface area (Å²) in [5.74, 6) is 0.250. The van der Waals surface area contributed by atoms with E-state index in [9.17, 15) is 10.0 Å². The molecule has 16 heavy (non-hydrogen) atoms. The van der Waals surface area contributed by atoms with Crippen LogP contribution in [-0.4, -0.2) is 39.1 Å². The highest BCUT2D eigenvalue weighted by atomic mass is 79.9. The number of nitrogens with zero attached hydrogens (tertiary/aromatic N) is 1. The molecular formula is C11H21BrN2O2. The van der Waals surface area contributed by atoms with Gasteiger partial charge in [0.25, 0.3) is 0 Å². The molecule has 1 aliphatic rings. The first-order valence-corrected chi connectivity index (χ1v) is 6.66. The maximum Gasteiger partial charge on any atom is 0.230 e. The van der Waals surface area contributed by atoms with Gasteiger partial charge in [0.2, 0.25) is 5.91 Å². The molecule has 1 atom stereocenters. The van der Waals surface area contributed by atoms with Gasteiger partial charge in [0, 0.05) is 17.6 Å². The van der Waals surface area contributed by atoms with E-state index < -0.39 is 0 Å². The summed E-state index contributed by atoms with van der Waals surface area (Å²) in [4.78, 5) is 11.2. The number of hydrogen-bond donors (Lipinski definition) is 2. The molecule has 0 saturated carbocycles. The van der Waals surface area contributed by atoms with Crippen molar-refractivity contribution in [2.45, 2.75) is 45.2 Å². The lowest BCUT2D eigenvalue weighted by atomic mass is 9.87. The van der Waals surface area contributed by atoms with Crippen LogP contribution >= 0.6 is 15.9 Å². The summed E-state index contributed by atoms with van der Waals surface area (Å²) in [6.45, 7) is 8.65. The standard InChI is InChI=1S/C11H21BrN2O2/c1-10(2)5-8(7-13-9(15)6-12)11(3,4)14(10)16/h8,16H,5-7H2,1-4H3,(H,13,15)/t8-/m1/s1. The first kappa shape index (κ1) is 13.9. The van der Waals surface area contributed by atoms with Gasteiger partial charge in [0.05, 0.1) is 5.33 Å². The third-order valence-electron chi connectivity index (χ3n) is 3.53. The molecule has 1 saturated heterocycles. The second kappa shape index (κ2) is 4.63. The summed E-state index contributed by atoms with van der Waals surface area (Å²) in [6.07, 6.45) is 0.874. The average molecular weight is 293 g/mol. The van der Waals surface area contributed by atoms with E-state index in [1.54, 1.807) is 0 Å². The normalized spacial score (nSPS) is 28.0. The lowest BCUT2D eigenvalue weighted by Crippen LogP contribution is -2.48. The quantitative estimate of drug-likeness (QED) is 0.780. The van der Waals surface area contributed by atoms with Crippen molar-refractivity contribution < 1.29 is 10.0 Å². The van der Waals surface area contributed by atoms with Crippen LogP contribution in [0.2, 0.25) is 0 Å². The molecule has 0 radical (unpaired) electrons. The van der Waals surface area contributed by atoms with Crippen LogP contribution in [0.25, 0.3) is 0 Å². The number of hydrogen-bond acceptors (Lipinski definition) is 3. The number of rotatable bonds is 3. The fourth-order valence-electron chi connectivity index (χ4n) is 2.50. The molecular weight excluding hydrogens is 272 g/mol. The van der Waals surface area contributed by atoms with Gasteiger partial charge in [0.1, 0.15) is 0 Å². The molecule has 0 spiro atoms. The van der Waals surface area contributed by atoms with Crippen LogP contribution < -0.4 is 5.32 Å². The summed E-state index contributed by atoms with van der Waals surface area (Å²) >= 11 is 3.12. The fourth-order valence-corrected chi connectivity index (χ4v) is 2.70. The van der Waals surface area contributed by atoms with E-state index in [-0.39, 0.29) is 22.9 Å². The number of amides is 1.